The lowest BCUT2D eigenvalue weighted by Gasteiger charge is -2.09. The SMILES string of the molecule is CCc1nc2c(c3nc(C#N)c(C#N)nc3n2-c2cccc(C)c2)c2nc3ccccc3n12. The summed E-state index contributed by atoms with van der Waals surface area (Å²) in [4.78, 5) is 19.1. The highest BCUT2D eigenvalue weighted by molar-refractivity contribution is 6.12. The normalized spacial score (nSPS) is 11.4. The van der Waals surface area contributed by atoms with E-state index in [1.165, 1.54) is 0 Å². The Morgan fingerprint density at radius 1 is 0.848 bits per heavy atom. The molecule has 0 aliphatic heterocycles. The van der Waals surface area contributed by atoms with E-state index in [1.807, 2.05) is 76.6 Å². The Bertz CT molecular complexity index is 1840. The fourth-order valence-electron chi connectivity index (χ4n) is 4.41. The molecule has 156 valence electrons. The van der Waals surface area contributed by atoms with E-state index in [0.717, 1.165) is 28.1 Å². The minimum atomic E-state index is -0.0121. The Morgan fingerprint density at radius 3 is 2.39 bits per heavy atom. The largest absolute Gasteiger partial charge is 0.280 e. The van der Waals surface area contributed by atoms with E-state index in [1.54, 1.807) is 0 Å². The topological polar surface area (TPSA) is 108 Å². The lowest BCUT2D eigenvalue weighted by atomic mass is 10.2. The number of benzene rings is 2. The average molecular weight is 428 g/mol. The monoisotopic (exact) mass is 428 g/mol. The molecule has 0 aliphatic carbocycles. The van der Waals surface area contributed by atoms with Crippen LogP contribution >= 0.6 is 0 Å². The fraction of sp³-hybridized carbons (Fsp3) is 0.120. The van der Waals surface area contributed by atoms with E-state index >= 15 is 0 Å². The Hall–Kier alpha value is -4.82. The smallest absolute Gasteiger partial charge is 0.179 e. The fourth-order valence-corrected chi connectivity index (χ4v) is 4.41. The van der Waals surface area contributed by atoms with Gasteiger partial charge >= 0.3 is 0 Å². The second kappa shape index (κ2) is 6.84. The van der Waals surface area contributed by atoms with Crippen molar-refractivity contribution in [3.05, 3.63) is 71.3 Å². The van der Waals surface area contributed by atoms with E-state index in [0.29, 0.717) is 34.3 Å². The van der Waals surface area contributed by atoms with Crippen molar-refractivity contribution in [2.75, 3.05) is 0 Å². The third-order valence-corrected chi connectivity index (χ3v) is 5.83. The molecule has 0 spiro atoms. The molecular formula is C25H16N8. The van der Waals surface area contributed by atoms with Crippen LogP contribution in [0.5, 0.6) is 0 Å². The first kappa shape index (κ1) is 18.9. The predicted molar refractivity (Wildman–Crippen MR) is 124 cm³/mol. The van der Waals surface area contributed by atoms with Crippen molar-refractivity contribution in [1.29, 1.82) is 10.5 Å². The van der Waals surface area contributed by atoms with E-state index in [9.17, 15) is 10.5 Å². The van der Waals surface area contributed by atoms with Gasteiger partial charge < -0.3 is 0 Å². The van der Waals surface area contributed by atoms with Gasteiger partial charge in [-0.3, -0.25) is 8.97 Å². The molecule has 0 atom stereocenters. The highest BCUT2D eigenvalue weighted by atomic mass is 15.2. The molecule has 0 unspecified atom stereocenters. The maximum absolute atomic E-state index is 9.60. The lowest BCUT2D eigenvalue weighted by Crippen LogP contribution is -2.04. The number of fused-ring (bicyclic) bond motifs is 7. The number of para-hydroxylation sites is 2. The molecule has 4 aromatic heterocycles. The number of aryl methyl sites for hydroxylation is 2. The van der Waals surface area contributed by atoms with Crippen LogP contribution in [0.3, 0.4) is 0 Å². The summed E-state index contributed by atoms with van der Waals surface area (Å²) < 4.78 is 3.95. The van der Waals surface area contributed by atoms with Crippen LogP contribution in [-0.2, 0) is 6.42 Å². The van der Waals surface area contributed by atoms with Crippen LogP contribution < -0.4 is 0 Å². The Balaban J connectivity index is 1.93. The Labute approximate surface area is 188 Å². The van der Waals surface area contributed by atoms with Crippen molar-refractivity contribution in [2.45, 2.75) is 20.3 Å². The average Bonchev–Trinajstić information content (AvgIpc) is 3.37. The Morgan fingerprint density at radius 2 is 1.64 bits per heavy atom. The van der Waals surface area contributed by atoms with Crippen molar-refractivity contribution < 1.29 is 0 Å². The van der Waals surface area contributed by atoms with Crippen molar-refractivity contribution in [3.63, 3.8) is 0 Å². The zero-order valence-corrected chi connectivity index (χ0v) is 17.9. The molecule has 6 aromatic rings. The van der Waals surface area contributed by atoms with E-state index in [2.05, 4.69) is 16.9 Å². The number of hydrogen-bond donors (Lipinski definition) is 0. The molecule has 0 amide bonds. The van der Waals surface area contributed by atoms with Gasteiger partial charge in [0.05, 0.1) is 16.4 Å². The number of rotatable bonds is 2. The van der Waals surface area contributed by atoms with Gasteiger partial charge in [0.1, 0.15) is 23.5 Å². The maximum atomic E-state index is 9.60. The van der Waals surface area contributed by atoms with E-state index in [4.69, 9.17) is 9.97 Å². The van der Waals surface area contributed by atoms with E-state index in [-0.39, 0.29) is 11.4 Å². The van der Waals surface area contributed by atoms with Crippen LogP contribution in [0.4, 0.5) is 0 Å². The lowest BCUT2D eigenvalue weighted by molar-refractivity contribution is 0.917. The van der Waals surface area contributed by atoms with Crippen LogP contribution in [0.1, 0.15) is 29.7 Å². The molecule has 8 heteroatoms. The number of nitrogens with zero attached hydrogens (tertiary/aromatic N) is 8. The van der Waals surface area contributed by atoms with Crippen molar-refractivity contribution >= 4 is 38.9 Å². The van der Waals surface area contributed by atoms with Gasteiger partial charge in [-0.2, -0.15) is 10.5 Å². The predicted octanol–water partition coefficient (Wildman–Crippen LogP) is 4.38. The quantitative estimate of drug-likeness (QED) is 0.405. The summed E-state index contributed by atoms with van der Waals surface area (Å²) in [6.45, 7) is 4.07. The third kappa shape index (κ3) is 2.55. The van der Waals surface area contributed by atoms with Crippen LogP contribution in [0.15, 0.2) is 48.5 Å². The Kier molecular flexibility index (Phi) is 3.92. The minimum absolute atomic E-state index is 0.0119. The zero-order valence-electron chi connectivity index (χ0n) is 17.9. The first-order valence-corrected chi connectivity index (χ1v) is 10.5. The molecule has 4 heterocycles. The summed E-state index contributed by atoms with van der Waals surface area (Å²) in [6.07, 6.45) is 0.690. The van der Waals surface area contributed by atoms with Gasteiger partial charge in [0, 0.05) is 12.1 Å². The molecule has 6 rings (SSSR count). The molecule has 0 bridgehead atoms. The zero-order chi connectivity index (χ0) is 22.7. The summed E-state index contributed by atoms with van der Waals surface area (Å²) in [6, 6.07) is 19.9. The van der Waals surface area contributed by atoms with Gasteiger partial charge in [-0.25, -0.2) is 19.9 Å². The second-order valence-electron chi connectivity index (χ2n) is 7.83. The number of nitriles is 2. The van der Waals surface area contributed by atoms with Gasteiger partial charge in [-0.05, 0) is 36.8 Å². The molecule has 0 saturated heterocycles. The maximum Gasteiger partial charge on any atom is 0.179 e. The van der Waals surface area contributed by atoms with Crippen molar-refractivity contribution in [3.8, 4) is 17.8 Å². The third-order valence-electron chi connectivity index (χ3n) is 5.83. The number of hydrogen-bond acceptors (Lipinski definition) is 6. The summed E-state index contributed by atoms with van der Waals surface area (Å²) >= 11 is 0. The van der Waals surface area contributed by atoms with Crippen LogP contribution in [-0.4, -0.2) is 28.9 Å². The highest BCUT2D eigenvalue weighted by Crippen LogP contribution is 2.34. The van der Waals surface area contributed by atoms with Crippen LogP contribution in [0.25, 0.3) is 44.6 Å². The summed E-state index contributed by atoms with van der Waals surface area (Å²) in [5.41, 5.74) is 6.03. The van der Waals surface area contributed by atoms with Crippen molar-refractivity contribution in [2.24, 2.45) is 0 Å². The molecular weight excluding hydrogens is 412 g/mol. The van der Waals surface area contributed by atoms with Crippen molar-refractivity contribution in [1.82, 2.24) is 28.9 Å². The second-order valence-corrected chi connectivity index (χ2v) is 7.83. The minimum Gasteiger partial charge on any atom is -0.280 e. The molecule has 33 heavy (non-hydrogen) atoms. The van der Waals surface area contributed by atoms with Gasteiger partial charge in [0.25, 0.3) is 0 Å². The molecule has 0 N–H and O–H groups in total. The molecule has 8 nitrogen and oxygen atoms in total. The molecule has 0 radical (unpaired) electrons. The van der Waals surface area contributed by atoms with Gasteiger partial charge in [-0.15, -0.1) is 0 Å². The summed E-state index contributed by atoms with van der Waals surface area (Å²) in [5, 5.41) is 19.9. The van der Waals surface area contributed by atoms with Gasteiger partial charge in [-0.1, -0.05) is 31.2 Å². The highest BCUT2D eigenvalue weighted by Gasteiger charge is 2.24. The first-order valence-electron chi connectivity index (χ1n) is 10.5. The van der Waals surface area contributed by atoms with Gasteiger partial charge in [0.2, 0.25) is 0 Å². The molecule has 0 aliphatic rings. The molecule has 0 fully saturated rings. The number of imidazole rings is 1. The summed E-state index contributed by atoms with van der Waals surface area (Å²) in [7, 11) is 0. The first-order chi connectivity index (χ1) is 16.1. The molecule has 0 saturated carbocycles. The van der Waals surface area contributed by atoms with Gasteiger partial charge in [0.15, 0.2) is 28.3 Å². The summed E-state index contributed by atoms with van der Waals surface area (Å²) in [5.74, 6) is 0.851. The van der Waals surface area contributed by atoms with Crippen LogP contribution in [0.2, 0.25) is 0 Å². The standard InChI is InChI=1S/C25H16N8/c1-3-20-31-24-21(23-29-16-9-4-5-10-19(16)33(20)23)22-25(30-18(13-27)17(12-26)28-22)32(24)15-8-6-7-14(2)11-15/h4-11H,3H2,1-2H3. The van der Waals surface area contributed by atoms with E-state index < -0.39 is 0 Å². The van der Waals surface area contributed by atoms with Crippen LogP contribution in [0, 0.1) is 29.6 Å². The number of aromatic nitrogens is 6. The molecule has 2 aromatic carbocycles.